The summed E-state index contributed by atoms with van der Waals surface area (Å²) in [6.07, 6.45) is 5.09. The molecule has 0 radical (unpaired) electrons. The van der Waals surface area contributed by atoms with Crippen LogP contribution >= 0.6 is 0 Å². The first-order valence-corrected chi connectivity index (χ1v) is 6.98. The topological polar surface area (TPSA) is 39.2 Å². The van der Waals surface area contributed by atoms with Crippen molar-refractivity contribution in [3.05, 3.63) is 35.6 Å². The van der Waals surface area contributed by atoms with Gasteiger partial charge in [0.1, 0.15) is 11.3 Å². The molecule has 2 atom stereocenters. The molecule has 0 amide bonds. The molecule has 2 nitrogen and oxygen atoms in total. The summed E-state index contributed by atoms with van der Waals surface area (Å²) in [5.41, 5.74) is 8.20. The lowest BCUT2D eigenvalue weighted by Gasteiger charge is -2.28. The van der Waals surface area contributed by atoms with Crippen molar-refractivity contribution in [3.63, 3.8) is 0 Å². The van der Waals surface area contributed by atoms with E-state index in [9.17, 15) is 0 Å². The zero-order valence-corrected chi connectivity index (χ0v) is 11.0. The third-order valence-electron chi connectivity index (χ3n) is 4.27. The van der Waals surface area contributed by atoms with Crippen LogP contribution in [0.25, 0.3) is 11.0 Å². The van der Waals surface area contributed by atoms with Crippen LogP contribution in [0.2, 0.25) is 0 Å². The van der Waals surface area contributed by atoms with Crippen LogP contribution in [0, 0.1) is 12.8 Å². The van der Waals surface area contributed by atoms with Crippen molar-refractivity contribution in [3.8, 4) is 0 Å². The molecule has 0 saturated heterocycles. The van der Waals surface area contributed by atoms with Crippen molar-refractivity contribution >= 4 is 11.0 Å². The average Bonchev–Trinajstić information content (AvgIpc) is 2.81. The number of aryl methyl sites for hydroxylation is 1. The molecule has 96 valence electrons. The fourth-order valence-electron chi connectivity index (χ4n) is 3.23. The highest BCUT2D eigenvalue weighted by Gasteiger charge is 2.28. The van der Waals surface area contributed by atoms with Gasteiger partial charge in [0.15, 0.2) is 0 Å². The van der Waals surface area contributed by atoms with Crippen molar-refractivity contribution in [2.45, 2.75) is 38.5 Å². The molecule has 1 fully saturated rings. The zero-order valence-electron chi connectivity index (χ0n) is 11.0. The second-order valence-corrected chi connectivity index (χ2v) is 5.58. The molecule has 2 aromatic rings. The molecule has 2 heteroatoms. The normalized spacial score (nSPS) is 24.6. The van der Waals surface area contributed by atoms with E-state index in [0.29, 0.717) is 11.8 Å². The predicted molar refractivity (Wildman–Crippen MR) is 74.7 cm³/mol. The fraction of sp³-hybridized carbons (Fsp3) is 0.500. The highest BCUT2D eigenvalue weighted by atomic mass is 16.3. The molecule has 0 bridgehead atoms. The van der Waals surface area contributed by atoms with E-state index in [1.54, 1.807) is 0 Å². The largest absolute Gasteiger partial charge is 0.461 e. The van der Waals surface area contributed by atoms with Crippen LogP contribution in [0.4, 0.5) is 0 Å². The summed E-state index contributed by atoms with van der Waals surface area (Å²) >= 11 is 0. The van der Waals surface area contributed by atoms with Gasteiger partial charge in [0, 0.05) is 11.3 Å². The van der Waals surface area contributed by atoms with Gasteiger partial charge in [-0.25, -0.2) is 0 Å². The Morgan fingerprint density at radius 2 is 2.06 bits per heavy atom. The lowest BCUT2D eigenvalue weighted by atomic mass is 9.78. The maximum Gasteiger partial charge on any atom is 0.134 e. The molecule has 1 aromatic heterocycles. The Labute approximate surface area is 108 Å². The molecular formula is C16H21NO. The second kappa shape index (κ2) is 4.77. The van der Waals surface area contributed by atoms with Gasteiger partial charge in [-0.3, -0.25) is 0 Å². The summed E-state index contributed by atoms with van der Waals surface area (Å²) in [5, 5.41) is 1.23. The molecule has 1 heterocycles. The van der Waals surface area contributed by atoms with Gasteiger partial charge in [0.05, 0.1) is 0 Å². The summed E-state index contributed by atoms with van der Waals surface area (Å²) in [7, 11) is 0. The third-order valence-corrected chi connectivity index (χ3v) is 4.27. The number of rotatable bonds is 2. The molecule has 0 aliphatic heterocycles. The van der Waals surface area contributed by atoms with E-state index in [2.05, 4.69) is 31.2 Å². The molecule has 3 rings (SSSR count). The number of benzene rings is 1. The van der Waals surface area contributed by atoms with E-state index in [1.807, 2.05) is 0 Å². The summed E-state index contributed by atoms with van der Waals surface area (Å²) in [5.74, 6) is 2.27. The van der Waals surface area contributed by atoms with Crippen molar-refractivity contribution in [1.82, 2.24) is 0 Å². The summed E-state index contributed by atoms with van der Waals surface area (Å²) in [4.78, 5) is 0. The van der Waals surface area contributed by atoms with E-state index < -0.39 is 0 Å². The van der Waals surface area contributed by atoms with Crippen molar-refractivity contribution in [1.29, 1.82) is 0 Å². The molecule has 2 N–H and O–H groups in total. The average molecular weight is 243 g/mol. The molecule has 1 aliphatic carbocycles. The van der Waals surface area contributed by atoms with Crippen LogP contribution < -0.4 is 5.73 Å². The van der Waals surface area contributed by atoms with Gasteiger partial charge in [-0.1, -0.05) is 24.5 Å². The van der Waals surface area contributed by atoms with Gasteiger partial charge in [-0.15, -0.1) is 0 Å². The van der Waals surface area contributed by atoms with Gasteiger partial charge >= 0.3 is 0 Å². The van der Waals surface area contributed by atoms with Crippen LogP contribution in [0.1, 0.15) is 42.9 Å². The lowest BCUT2D eigenvalue weighted by molar-refractivity contribution is 0.282. The van der Waals surface area contributed by atoms with Gasteiger partial charge in [-0.2, -0.15) is 0 Å². The lowest BCUT2D eigenvalue weighted by Crippen LogP contribution is -2.24. The highest BCUT2D eigenvalue weighted by Crippen LogP contribution is 2.39. The SMILES string of the molecule is Cc1ccc2oc(C3CCCCC3CN)cc2c1. The van der Waals surface area contributed by atoms with Crippen LogP contribution in [-0.4, -0.2) is 6.54 Å². The van der Waals surface area contributed by atoms with E-state index >= 15 is 0 Å². The minimum absolute atomic E-state index is 0.524. The Morgan fingerprint density at radius 3 is 2.89 bits per heavy atom. The number of hydrogen-bond donors (Lipinski definition) is 1. The quantitative estimate of drug-likeness (QED) is 0.866. The Kier molecular flexibility index (Phi) is 3.13. The van der Waals surface area contributed by atoms with E-state index in [0.717, 1.165) is 17.9 Å². The Hall–Kier alpha value is -1.28. The molecule has 18 heavy (non-hydrogen) atoms. The first kappa shape index (κ1) is 11.8. The van der Waals surface area contributed by atoms with Crippen molar-refractivity contribution in [2.24, 2.45) is 11.7 Å². The number of hydrogen-bond acceptors (Lipinski definition) is 2. The van der Waals surface area contributed by atoms with E-state index in [-0.39, 0.29) is 0 Å². The van der Waals surface area contributed by atoms with Crippen LogP contribution in [0.15, 0.2) is 28.7 Å². The van der Waals surface area contributed by atoms with Crippen molar-refractivity contribution < 1.29 is 4.42 Å². The number of fused-ring (bicyclic) bond motifs is 1. The summed E-state index contributed by atoms with van der Waals surface area (Å²) in [6.45, 7) is 2.90. The number of furan rings is 1. The monoisotopic (exact) mass is 243 g/mol. The molecule has 1 saturated carbocycles. The van der Waals surface area contributed by atoms with E-state index in [4.69, 9.17) is 10.2 Å². The second-order valence-electron chi connectivity index (χ2n) is 5.58. The Balaban J connectivity index is 1.97. The predicted octanol–water partition coefficient (Wildman–Crippen LogP) is 3.97. The molecule has 2 unspecified atom stereocenters. The standard InChI is InChI=1S/C16H21NO/c1-11-6-7-15-13(8-11)9-16(18-15)14-5-3-2-4-12(14)10-17/h6-9,12,14H,2-5,10,17H2,1H3. The molecule has 0 spiro atoms. The van der Waals surface area contributed by atoms with Crippen molar-refractivity contribution in [2.75, 3.05) is 6.54 Å². The smallest absolute Gasteiger partial charge is 0.134 e. The number of nitrogens with two attached hydrogens (primary N) is 1. The van der Waals surface area contributed by atoms with Gasteiger partial charge in [0.25, 0.3) is 0 Å². The highest BCUT2D eigenvalue weighted by molar-refractivity contribution is 5.78. The molecule has 1 aromatic carbocycles. The van der Waals surface area contributed by atoms with Gasteiger partial charge in [-0.05, 0) is 50.4 Å². The third kappa shape index (κ3) is 2.05. The van der Waals surface area contributed by atoms with Crippen LogP contribution in [-0.2, 0) is 0 Å². The maximum atomic E-state index is 6.04. The minimum Gasteiger partial charge on any atom is -0.461 e. The van der Waals surface area contributed by atoms with Gasteiger partial charge < -0.3 is 10.2 Å². The molecular weight excluding hydrogens is 222 g/mol. The van der Waals surface area contributed by atoms with Crippen LogP contribution in [0.5, 0.6) is 0 Å². The van der Waals surface area contributed by atoms with Crippen LogP contribution in [0.3, 0.4) is 0 Å². The minimum atomic E-state index is 0.524. The van der Waals surface area contributed by atoms with E-state index in [1.165, 1.54) is 36.6 Å². The zero-order chi connectivity index (χ0) is 12.5. The Bertz CT molecular complexity index is 543. The molecule has 1 aliphatic rings. The fourth-order valence-corrected chi connectivity index (χ4v) is 3.23. The summed E-state index contributed by atoms with van der Waals surface area (Å²) < 4.78 is 6.04. The maximum absolute atomic E-state index is 6.04. The van der Waals surface area contributed by atoms with Gasteiger partial charge in [0.2, 0.25) is 0 Å². The first-order valence-electron chi connectivity index (χ1n) is 6.98. The Morgan fingerprint density at radius 1 is 1.22 bits per heavy atom. The summed E-state index contributed by atoms with van der Waals surface area (Å²) in [6, 6.07) is 8.61. The first-order chi connectivity index (χ1) is 8.78.